The van der Waals surface area contributed by atoms with Crippen LogP contribution in [-0.2, 0) is 11.3 Å². The van der Waals surface area contributed by atoms with Crippen LogP contribution in [0.1, 0.15) is 0 Å². The summed E-state index contributed by atoms with van der Waals surface area (Å²) in [7, 11) is 0. The predicted octanol–water partition coefficient (Wildman–Crippen LogP) is 4.00. The van der Waals surface area contributed by atoms with E-state index in [1.54, 1.807) is 30.3 Å². The summed E-state index contributed by atoms with van der Waals surface area (Å²) in [5.41, 5.74) is 0.453. The number of hydrogen-bond donors (Lipinski definition) is 1. The highest BCUT2D eigenvalue weighted by Gasteiger charge is 2.12. The van der Waals surface area contributed by atoms with Crippen LogP contribution < -0.4 is 10.9 Å². The average Bonchev–Trinajstić information content (AvgIpc) is 2.54. The fourth-order valence-electron chi connectivity index (χ4n) is 2.19. The summed E-state index contributed by atoms with van der Waals surface area (Å²) in [5.74, 6) is -0.449. The molecule has 1 amide bonds. The lowest BCUT2D eigenvalue weighted by Crippen LogP contribution is -2.28. The summed E-state index contributed by atoms with van der Waals surface area (Å²) in [4.78, 5) is 28.8. The molecule has 0 spiro atoms. The third-order valence-corrected chi connectivity index (χ3v) is 4.19. The summed E-state index contributed by atoms with van der Waals surface area (Å²) in [5, 5.41) is 3.98. The Morgan fingerprint density at radius 1 is 1.12 bits per heavy atom. The van der Waals surface area contributed by atoms with E-state index in [9.17, 15) is 9.59 Å². The Morgan fingerprint density at radius 2 is 1.83 bits per heavy atom. The van der Waals surface area contributed by atoms with E-state index in [1.165, 1.54) is 17.0 Å². The molecule has 1 N–H and O–H groups in total. The molecule has 2 aromatic carbocycles. The van der Waals surface area contributed by atoms with Crippen molar-refractivity contribution in [3.63, 3.8) is 0 Å². The minimum Gasteiger partial charge on any atom is -0.322 e. The first-order valence-electron chi connectivity index (χ1n) is 6.84. The van der Waals surface area contributed by atoms with Gasteiger partial charge in [-0.3, -0.25) is 14.2 Å². The number of para-hydroxylation sites is 1. The van der Waals surface area contributed by atoms with E-state index >= 15 is 0 Å². The lowest BCUT2D eigenvalue weighted by Gasteiger charge is -2.10. The van der Waals surface area contributed by atoms with E-state index in [0.29, 0.717) is 31.7 Å². The van der Waals surface area contributed by atoms with Gasteiger partial charge in [-0.1, -0.05) is 40.9 Å². The number of carbonyl (C=O) groups excluding carboxylic acids is 1. The smallest absolute Gasteiger partial charge is 0.261 e. The molecule has 8 heteroatoms. The van der Waals surface area contributed by atoms with Crippen molar-refractivity contribution in [2.75, 3.05) is 5.32 Å². The van der Waals surface area contributed by atoms with Gasteiger partial charge in [0.25, 0.3) is 5.56 Å². The van der Waals surface area contributed by atoms with Crippen molar-refractivity contribution in [1.29, 1.82) is 0 Å². The Labute approximate surface area is 151 Å². The number of anilines is 1. The normalized spacial score (nSPS) is 10.8. The fourth-order valence-corrected chi connectivity index (χ4v) is 2.86. The van der Waals surface area contributed by atoms with Gasteiger partial charge in [-0.05, 0) is 30.3 Å². The van der Waals surface area contributed by atoms with Crippen LogP contribution in [0.2, 0.25) is 15.1 Å². The molecule has 122 valence electrons. The Morgan fingerprint density at radius 3 is 2.54 bits per heavy atom. The second-order valence-electron chi connectivity index (χ2n) is 4.98. The molecule has 0 bridgehead atoms. The topological polar surface area (TPSA) is 64.0 Å². The van der Waals surface area contributed by atoms with E-state index < -0.39 is 5.91 Å². The van der Waals surface area contributed by atoms with Crippen molar-refractivity contribution in [2.45, 2.75) is 6.54 Å². The van der Waals surface area contributed by atoms with Crippen LogP contribution in [0.5, 0.6) is 0 Å². The van der Waals surface area contributed by atoms with Gasteiger partial charge in [-0.15, -0.1) is 0 Å². The van der Waals surface area contributed by atoms with Crippen molar-refractivity contribution >= 4 is 57.3 Å². The molecule has 3 rings (SSSR count). The van der Waals surface area contributed by atoms with Crippen LogP contribution in [0, 0.1) is 0 Å². The number of rotatable bonds is 3. The van der Waals surface area contributed by atoms with E-state index in [4.69, 9.17) is 34.8 Å². The molecule has 0 saturated heterocycles. The lowest BCUT2D eigenvalue weighted by atomic mass is 10.2. The van der Waals surface area contributed by atoms with Crippen LogP contribution in [-0.4, -0.2) is 15.5 Å². The highest BCUT2D eigenvalue weighted by atomic mass is 35.5. The molecule has 0 radical (unpaired) electrons. The molecule has 0 unspecified atom stereocenters. The van der Waals surface area contributed by atoms with Gasteiger partial charge >= 0.3 is 0 Å². The van der Waals surface area contributed by atoms with Crippen molar-refractivity contribution < 1.29 is 4.79 Å². The van der Waals surface area contributed by atoms with Crippen LogP contribution >= 0.6 is 34.8 Å². The maximum atomic E-state index is 12.4. The first-order chi connectivity index (χ1) is 11.5. The van der Waals surface area contributed by atoms with Crippen LogP contribution in [0.15, 0.2) is 47.5 Å². The molecule has 0 aliphatic heterocycles. The largest absolute Gasteiger partial charge is 0.322 e. The van der Waals surface area contributed by atoms with Gasteiger partial charge in [-0.25, -0.2) is 4.98 Å². The fraction of sp³-hybridized carbons (Fsp3) is 0.0625. The third-order valence-electron chi connectivity index (χ3n) is 3.33. The maximum Gasteiger partial charge on any atom is 0.261 e. The number of aromatic nitrogens is 2. The Balaban J connectivity index is 1.88. The summed E-state index contributed by atoms with van der Waals surface area (Å²) in [6.45, 7) is -0.226. The predicted molar refractivity (Wildman–Crippen MR) is 96.1 cm³/mol. The second kappa shape index (κ2) is 6.81. The van der Waals surface area contributed by atoms with Gasteiger partial charge in [-0.2, -0.15) is 0 Å². The molecule has 0 saturated carbocycles. The zero-order chi connectivity index (χ0) is 17.3. The highest BCUT2D eigenvalue weighted by molar-refractivity contribution is 6.39. The lowest BCUT2D eigenvalue weighted by molar-refractivity contribution is -0.116. The highest BCUT2D eigenvalue weighted by Crippen LogP contribution is 2.29. The first kappa shape index (κ1) is 16.8. The van der Waals surface area contributed by atoms with Gasteiger partial charge in [0.15, 0.2) is 0 Å². The molecule has 0 atom stereocenters. The van der Waals surface area contributed by atoms with Gasteiger partial charge in [0, 0.05) is 5.02 Å². The number of carbonyl (C=O) groups is 1. The van der Waals surface area contributed by atoms with Gasteiger partial charge in [0.2, 0.25) is 5.91 Å². The Kier molecular flexibility index (Phi) is 4.76. The van der Waals surface area contributed by atoms with Crippen molar-refractivity contribution in [2.24, 2.45) is 0 Å². The molecule has 1 aromatic heterocycles. The molecule has 5 nitrogen and oxygen atoms in total. The Bertz CT molecular complexity index is 981. The molecule has 24 heavy (non-hydrogen) atoms. The van der Waals surface area contributed by atoms with E-state index in [-0.39, 0.29) is 12.1 Å². The number of benzene rings is 2. The SMILES string of the molecule is O=C(Cn1cnc2ccc(Cl)cc2c1=O)Nc1c(Cl)cccc1Cl. The zero-order valence-corrected chi connectivity index (χ0v) is 14.4. The van der Waals surface area contributed by atoms with Gasteiger partial charge < -0.3 is 5.32 Å². The van der Waals surface area contributed by atoms with Crippen LogP contribution in [0.4, 0.5) is 5.69 Å². The average molecular weight is 383 g/mol. The van der Waals surface area contributed by atoms with Crippen molar-refractivity contribution in [3.05, 3.63) is 68.1 Å². The van der Waals surface area contributed by atoms with E-state index in [2.05, 4.69) is 10.3 Å². The van der Waals surface area contributed by atoms with E-state index in [0.717, 1.165) is 0 Å². The summed E-state index contributed by atoms with van der Waals surface area (Å²) < 4.78 is 1.19. The molecule has 0 aliphatic rings. The third kappa shape index (κ3) is 3.38. The second-order valence-corrected chi connectivity index (χ2v) is 6.23. The number of nitrogens with one attached hydrogen (secondary N) is 1. The monoisotopic (exact) mass is 381 g/mol. The molecular formula is C16H10Cl3N3O2. The molecular weight excluding hydrogens is 373 g/mol. The number of hydrogen-bond acceptors (Lipinski definition) is 3. The summed E-state index contributed by atoms with van der Waals surface area (Å²) in [6, 6.07) is 9.69. The number of fused-ring (bicyclic) bond motifs is 1. The van der Waals surface area contributed by atoms with Crippen molar-refractivity contribution in [3.8, 4) is 0 Å². The minimum absolute atomic E-state index is 0.226. The first-order valence-corrected chi connectivity index (χ1v) is 7.97. The van der Waals surface area contributed by atoms with Crippen LogP contribution in [0.25, 0.3) is 10.9 Å². The van der Waals surface area contributed by atoms with Crippen LogP contribution in [0.3, 0.4) is 0 Å². The maximum absolute atomic E-state index is 12.4. The van der Waals surface area contributed by atoms with Crippen molar-refractivity contribution in [1.82, 2.24) is 9.55 Å². The van der Waals surface area contributed by atoms with E-state index in [1.807, 2.05) is 0 Å². The van der Waals surface area contributed by atoms with Gasteiger partial charge in [0.05, 0.1) is 33.0 Å². The molecule has 3 aromatic rings. The summed E-state index contributed by atoms with van der Waals surface area (Å²) in [6.07, 6.45) is 1.31. The zero-order valence-electron chi connectivity index (χ0n) is 12.1. The number of nitrogens with zero attached hydrogens (tertiary/aromatic N) is 2. The quantitative estimate of drug-likeness (QED) is 0.745. The number of amides is 1. The standard InChI is InChI=1S/C16H10Cl3N3O2/c17-9-4-5-13-10(6-9)16(24)22(8-20-13)7-14(23)21-15-11(18)2-1-3-12(15)19/h1-6,8H,7H2,(H,21,23). The van der Waals surface area contributed by atoms with Gasteiger partial charge in [0.1, 0.15) is 6.54 Å². The Hall–Kier alpha value is -2.08. The number of halogens is 3. The molecule has 1 heterocycles. The summed E-state index contributed by atoms with van der Waals surface area (Å²) >= 11 is 17.9. The molecule has 0 fully saturated rings. The molecule has 0 aliphatic carbocycles. The minimum atomic E-state index is -0.449.